The van der Waals surface area contributed by atoms with Crippen molar-refractivity contribution < 1.29 is 14.3 Å². The summed E-state index contributed by atoms with van der Waals surface area (Å²) in [6.45, 7) is 3.29. The number of halogens is 1. The van der Waals surface area contributed by atoms with Crippen molar-refractivity contribution >= 4 is 35.8 Å². The summed E-state index contributed by atoms with van der Waals surface area (Å²) < 4.78 is 11.1. The van der Waals surface area contributed by atoms with Crippen molar-refractivity contribution in [3.05, 3.63) is 65.7 Å². The molecule has 3 N–H and O–H groups in total. The largest absolute Gasteiger partial charge is 0.493 e. The van der Waals surface area contributed by atoms with Gasteiger partial charge in [-0.1, -0.05) is 48.5 Å². The minimum Gasteiger partial charge on any atom is -0.493 e. The lowest BCUT2D eigenvalue weighted by Gasteiger charge is -2.30. The Morgan fingerprint density at radius 3 is 2.58 bits per heavy atom. The SMILES string of the molecule is I.NC(=NCC(C(=O)N1CCOCC1)c1ccccc1)NC1CCOc2ccccc21. The van der Waals surface area contributed by atoms with E-state index >= 15 is 0 Å². The van der Waals surface area contributed by atoms with Crippen LogP contribution in [0.2, 0.25) is 0 Å². The summed E-state index contributed by atoms with van der Waals surface area (Å²) in [7, 11) is 0. The molecule has 2 aromatic rings. The average molecular weight is 536 g/mol. The summed E-state index contributed by atoms with van der Waals surface area (Å²) in [5, 5.41) is 3.30. The highest BCUT2D eigenvalue weighted by Gasteiger charge is 2.27. The summed E-state index contributed by atoms with van der Waals surface area (Å²) in [6, 6.07) is 17.8. The number of amides is 1. The molecule has 2 aliphatic heterocycles. The molecule has 4 rings (SSSR count). The average Bonchev–Trinajstić information content (AvgIpc) is 2.80. The molecule has 1 saturated heterocycles. The molecule has 2 aliphatic rings. The molecule has 2 atom stereocenters. The maximum absolute atomic E-state index is 13.2. The lowest BCUT2D eigenvalue weighted by molar-refractivity contribution is -0.136. The van der Waals surface area contributed by atoms with Crippen molar-refractivity contribution in [3.63, 3.8) is 0 Å². The number of fused-ring (bicyclic) bond motifs is 1. The quantitative estimate of drug-likeness (QED) is 0.349. The highest BCUT2D eigenvalue weighted by molar-refractivity contribution is 14.0. The molecule has 8 heteroatoms. The predicted octanol–water partition coefficient (Wildman–Crippen LogP) is 2.68. The van der Waals surface area contributed by atoms with E-state index < -0.39 is 0 Å². The van der Waals surface area contributed by atoms with Crippen LogP contribution in [0.25, 0.3) is 0 Å². The maximum atomic E-state index is 13.2. The summed E-state index contributed by atoms with van der Waals surface area (Å²) in [5.41, 5.74) is 8.24. The van der Waals surface area contributed by atoms with Crippen molar-refractivity contribution in [1.29, 1.82) is 0 Å². The van der Waals surface area contributed by atoms with E-state index in [2.05, 4.69) is 10.3 Å². The van der Waals surface area contributed by atoms with Crippen LogP contribution in [0.4, 0.5) is 0 Å². The number of nitrogens with two attached hydrogens (primary N) is 1. The molecule has 2 aromatic carbocycles. The Bertz CT molecular complexity index is 887. The molecule has 0 spiro atoms. The van der Waals surface area contributed by atoms with Crippen LogP contribution in [0.15, 0.2) is 59.6 Å². The van der Waals surface area contributed by atoms with E-state index in [1.54, 1.807) is 0 Å². The third-order valence-electron chi connectivity index (χ3n) is 5.55. The molecular weight excluding hydrogens is 507 g/mol. The van der Waals surface area contributed by atoms with Crippen molar-refractivity contribution in [2.24, 2.45) is 10.7 Å². The van der Waals surface area contributed by atoms with Crippen LogP contribution in [0.1, 0.15) is 29.5 Å². The van der Waals surface area contributed by atoms with Gasteiger partial charge in [0.2, 0.25) is 5.91 Å². The van der Waals surface area contributed by atoms with Crippen molar-refractivity contribution in [2.45, 2.75) is 18.4 Å². The fourth-order valence-electron chi connectivity index (χ4n) is 3.92. The molecule has 166 valence electrons. The van der Waals surface area contributed by atoms with Crippen LogP contribution in [0.5, 0.6) is 5.75 Å². The fraction of sp³-hybridized carbons (Fsp3) is 0.391. The molecule has 1 amide bonds. The molecular formula is C23H29IN4O3. The first kappa shape index (κ1) is 23.3. The Morgan fingerprint density at radius 2 is 1.81 bits per heavy atom. The normalized spacial score (nSPS) is 19.4. The van der Waals surface area contributed by atoms with Gasteiger partial charge in [-0.05, 0) is 11.6 Å². The predicted molar refractivity (Wildman–Crippen MR) is 131 cm³/mol. The van der Waals surface area contributed by atoms with Gasteiger partial charge in [0.1, 0.15) is 5.75 Å². The zero-order valence-corrected chi connectivity index (χ0v) is 19.7. The maximum Gasteiger partial charge on any atom is 0.232 e. The number of carbonyl (C=O) groups is 1. The number of nitrogens with zero attached hydrogens (tertiary/aromatic N) is 2. The van der Waals surface area contributed by atoms with E-state index in [-0.39, 0.29) is 41.8 Å². The number of hydrogen-bond donors (Lipinski definition) is 2. The summed E-state index contributed by atoms with van der Waals surface area (Å²) in [6.07, 6.45) is 0.808. The number of morpholine rings is 1. The molecule has 0 bridgehead atoms. The smallest absolute Gasteiger partial charge is 0.232 e. The Kier molecular flexibility index (Phi) is 8.53. The second-order valence-electron chi connectivity index (χ2n) is 7.50. The van der Waals surface area contributed by atoms with Gasteiger partial charge in [-0.3, -0.25) is 9.79 Å². The minimum absolute atomic E-state index is 0. The molecule has 1 fully saturated rings. The van der Waals surface area contributed by atoms with Crippen LogP contribution in [-0.2, 0) is 9.53 Å². The summed E-state index contributed by atoms with van der Waals surface area (Å²) >= 11 is 0. The third-order valence-corrected chi connectivity index (χ3v) is 5.55. The Labute approximate surface area is 200 Å². The lowest BCUT2D eigenvalue weighted by Crippen LogP contribution is -2.44. The van der Waals surface area contributed by atoms with Gasteiger partial charge in [0.05, 0.1) is 38.3 Å². The van der Waals surface area contributed by atoms with Crippen LogP contribution >= 0.6 is 24.0 Å². The first-order valence-corrected chi connectivity index (χ1v) is 10.4. The van der Waals surface area contributed by atoms with Gasteiger partial charge < -0.3 is 25.4 Å². The van der Waals surface area contributed by atoms with Gasteiger partial charge >= 0.3 is 0 Å². The highest BCUT2D eigenvalue weighted by atomic mass is 127. The fourth-order valence-corrected chi connectivity index (χ4v) is 3.92. The summed E-state index contributed by atoms with van der Waals surface area (Å²) in [5.74, 6) is 0.912. The molecule has 0 saturated carbocycles. The number of para-hydroxylation sites is 1. The number of ether oxygens (including phenoxy) is 2. The van der Waals surface area contributed by atoms with Gasteiger partial charge in [-0.25, -0.2) is 0 Å². The van der Waals surface area contributed by atoms with Gasteiger partial charge in [0.25, 0.3) is 0 Å². The number of carbonyl (C=O) groups excluding carboxylic acids is 1. The number of aliphatic imine (C=N–C) groups is 1. The lowest BCUT2D eigenvalue weighted by atomic mass is 9.97. The molecule has 0 aromatic heterocycles. The molecule has 31 heavy (non-hydrogen) atoms. The molecule has 0 aliphatic carbocycles. The van der Waals surface area contributed by atoms with Gasteiger partial charge in [0, 0.05) is 25.1 Å². The Balaban J connectivity index is 0.00000272. The zero-order chi connectivity index (χ0) is 20.8. The number of guanidine groups is 1. The van der Waals surface area contributed by atoms with E-state index in [1.165, 1.54) is 0 Å². The second kappa shape index (κ2) is 11.3. The first-order valence-electron chi connectivity index (χ1n) is 10.4. The van der Waals surface area contributed by atoms with Crippen LogP contribution in [0.3, 0.4) is 0 Å². The monoisotopic (exact) mass is 536 g/mol. The third kappa shape index (κ3) is 5.88. The van der Waals surface area contributed by atoms with Crippen LogP contribution in [-0.4, -0.2) is 56.2 Å². The van der Waals surface area contributed by atoms with E-state index in [0.717, 1.165) is 23.3 Å². The second-order valence-corrected chi connectivity index (χ2v) is 7.50. The molecule has 0 radical (unpaired) electrons. The van der Waals surface area contributed by atoms with Crippen molar-refractivity contribution in [1.82, 2.24) is 10.2 Å². The Hall–Kier alpha value is -2.33. The van der Waals surface area contributed by atoms with Crippen molar-refractivity contribution in [2.75, 3.05) is 39.5 Å². The number of benzene rings is 2. The topological polar surface area (TPSA) is 89.2 Å². The van der Waals surface area contributed by atoms with Gasteiger partial charge in [-0.2, -0.15) is 0 Å². The number of rotatable bonds is 5. The number of nitrogens with one attached hydrogen (secondary N) is 1. The molecule has 7 nitrogen and oxygen atoms in total. The van der Waals surface area contributed by atoms with E-state index in [0.29, 0.717) is 45.4 Å². The summed E-state index contributed by atoms with van der Waals surface area (Å²) in [4.78, 5) is 19.6. The standard InChI is InChI=1S/C23H28N4O3.HI/c24-23(26-20-10-13-30-21-9-5-4-8-18(20)21)25-16-19(17-6-2-1-3-7-17)22(28)27-11-14-29-15-12-27;/h1-9,19-20H,10-16H2,(H3,24,25,26);1H. The zero-order valence-electron chi connectivity index (χ0n) is 17.4. The van der Waals surface area contributed by atoms with Crippen LogP contribution in [0, 0.1) is 0 Å². The van der Waals surface area contributed by atoms with E-state index in [9.17, 15) is 4.79 Å². The molecule has 2 heterocycles. The minimum atomic E-state index is -0.369. The Morgan fingerprint density at radius 1 is 1.10 bits per heavy atom. The van der Waals surface area contributed by atoms with Crippen LogP contribution < -0.4 is 15.8 Å². The van der Waals surface area contributed by atoms with E-state index in [4.69, 9.17) is 15.2 Å². The highest BCUT2D eigenvalue weighted by Crippen LogP contribution is 2.31. The van der Waals surface area contributed by atoms with Gasteiger partial charge in [0.15, 0.2) is 5.96 Å². The van der Waals surface area contributed by atoms with Gasteiger partial charge in [-0.15, -0.1) is 24.0 Å². The van der Waals surface area contributed by atoms with Crippen molar-refractivity contribution in [3.8, 4) is 5.75 Å². The number of hydrogen-bond acceptors (Lipinski definition) is 4. The first-order chi connectivity index (χ1) is 14.7. The van der Waals surface area contributed by atoms with E-state index in [1.807, 2.05) is 59.5 Å². The molecule has 2 unspecified atom stereocenters.